The summed E-state index contributed by atoms with van der Waals surface area (Å²) in [4.78, 5) is 16.5. The molecule has 1 N–H and O–H groups in total. The van der Waals surface area contributed by atoms with Crippen LogP contribution in [0.5, 0.6) is 0 Å². The molecule has 0 saturated heterocycles. The van der Waals surface area contributed by atoms with Crippen molar-refractivity contribution in [2.45, 2.75) is 19.6 Å². The van der Waals surface area contributed by atoms with Crippen molar-refractivity contribution < 1.29 is 18.0 Å². The standard InChI is InChI=1S/C18H15F3N4O/c1-12-15(17(26)23-11-13-7-5-6-10-22-13)16(18(19,20)21)24-25(12)14-8-3-2-4-9-14/h2-10H,11H2,1H3,(H,23,26). The van der Waals surface area contributed by atoms with Crippen LogP contribution in [0.1, 0.15) is 27.4 Å². The number of nitrogens with zero attached hydrogens (tertiary/aromatic N) is 3. The van der Waals surface area contributed by atoms with Crippen molar-refractivity contribution in [2.75, 3.05) is 0 Å². The van der Waals surface area contributed by atoms with Crippen LogP contribution in [0.3, 0.4) is 0 Å². The lowest BCUT2D eigenvalue weighted by molar-refractivity contribution is -0.141. The van der Waals surface area contributed by atoms with Gasteiger partial charge in [-0.3, -0.25) is 9.78 Å². The van der Waals surface area contributed by atoms with Gasteiger partial charge in [-0.15, -0.1) is 0 Å². The smallest absolute Gasteiger partial charge is 0.346 e. The minimum atomic E-state index is -4.75. The number of aromatic nitrogens is 3. The minimum Gasteiger partial charge on any atom is -0.346 e. The number of rotatable bonds is 4. The molecular weight excluding hydrogens is 345 g/mol. The van der Waals surface area contributed by atoms with E-state index in [1.807, 2.05) is 0 Å². The maximum absolute atomic E-state index is 13.4. The number of hydrogen-bond donors (Lipinski definition) is 1. The van der Waals surface area contributed by atoms with Gasteiger partial charge < -0.3 is 5.32 Å². The Hall–Kier alpha value is -3.16. The molecule has 1 aromatic carbocycles. The van der Waals surface area contributed by atoms with Crippen LogP contribution in [-0.2, 0) is 12.7 Å². The molecule has 3 aromatic rings. The molecular formula is C18H15F3N4O. The van der Waals surface area contributed by atoms with Crippen molar-refractivity contribution >= 4 is 5.91 Å². The maximum Gasteiger partial charge on any atom is 0.435 e. The molecule has 1 amide bonds. The van der Waals surface area contributed by atoms with Gasteiger partial charge in [0.25, 0.3) is 5.91 Å². The third kappa shape index (κ3) is 3.58. The molecule has 2 heterocycles. The highest BCUT2D eigenvalue weighted by Crippen LogP contribution is 2.33. The maximum atomic E-state index is 13.4. The first-order valence-corrected chi connectivity index (χ1v) is 7.78. The number of nitrogens with one attached hydrogen (secondary N) is 1. The molecule has 0 aliphatic carbocycles. The number of para-hydroxylation sites is 1. The Labute approximate surface area is 147 Å². The molecule has 0 saturated carbocycles. The zero-order valence-corrected chi connectivity index (χ0v) is 13.8. The zero-order chi connectivity index (χ0) is 18.7. The predicted molar refractivity (Wildman–Crippen MR) is 88.7 cm³/mol. The van der Waals surface area contributed by atoms with Gasteiger partial charge in [-0.2, -0.15) is 18.3 Å². The Balaban J connectivity index is 1.97. The van der Waals surface area contributed by atoms with Gasteiger partial charge in [-0.05, 0) is 31.2 Å². The first kappa shape index (κ1) is 17.7. The van der Waals surface area contributed by atoms with E-state index in [0.717, 1.165) is 4.68 Å². The van der Waals surface area contributed by atoms with Crippen LogP contribution in [0.4, 0.5) is 13.2 Å². The lowest BCUT2D eigenvalue weighted by atomic mass is 10.1. The summed E-state index contributed by atoms with van der Waals surface area (Å²) in [6, 6.07) is 13.5. The highest BCUT2D eigenvalue weighted by atomic mass is 19.4. The zero-order valence-electron chi connectivity index (χ0n) is 13.8. The van der Waals surface area contributed by atoms with Crippen molar-refractivity contribution in [1.82, 2.24) is 20.1 Å². The first-order valence-electron chi connectivity index (χ1n) is 7.78. The van der Waals surface area contributed by atoms with Crippen molar-refractivity contribution in [3.05, 3.63) is 77.4 Å². The number of carbonyl (C=O) groups excluding carboxylic acids is 1. The van der Waals surface area contributed by atoms with Gasteiger partial charge in [0, 0.05) is 6.20 Å². The fourth-order valence-corrected chi connectivity index (χ4v) is 2.56. The van der Waals surface area contributed by atoms with Crippen LogP contribution < -0.4 is 5.32 Å². The Morgan fingerprint density at radius 3 is 2.42 bits per heavy atom. The second-order valence-corrected chi connectivity index (χ2v) is 5.56. The molecule has 0 bridgehead atoms. The van der Waals surface area contributed by atoms with Gasteiger partial charge >= 0.3 is 6.18 Å². The lowest BCUT2D eigenvalue weighted by Gasteiger charge is -2.08. The number of carbonyl (C=O) groups is 1. The van der Waals surface area contributed by atoms with Gasteiger partial charge in [0.15, 0.2) is 5.69 Å². The molecule has 2 aromatic heterocycles. The number of alkyl halides is 3. The topological polar surface area (TPSA) is 59.8 Å². The largest absolute Gasteiger partial charge is 0.435 e. The molecule has 0 atom stereocenters. The second kappa shape index (κ2) is 6.99. The summed E-state index contributed by atoms with van der Waals surface area (Å²) in [7, 11) is 0. The summed E-state index contributed by atoms with van der Waals surface area (Å²) in [5.74, 6) is -0.845. The number of pyridine rings is 1. The molecule has 26 heavy (non-hydrogen) atoms. The summed E-state index contributed by atoms with van der Waals surface area (Å²) in [6.07, 6.45) is -3.20. The normalized spacial score (nSPS) is 11.4. The molecule has 0 aliphatic heterocycles. The minimum absolute atomic E-state index is 0.0208. The molecule has 5 nitrogen and oxygen atoms in total. The molecule has 0 unspecified atom stereocenters. The summed E-state index contributed by atoms with van der Waals surface area (Å²) >= 11 is 0. The van der Waals surface area contributed by atoms with Gasteiger partial charge in [-0.1, -0.05) is 24.3 Å². The molecule has 0 spiro atoms. The Kier molecular flexibility index (Phi) is 4.75. The quantitative estimate of drug-likeness (QED) is 0.774. The van der Waals surface area contributed by atoms with Crippen LogP contribution in [0.2, 0.25) is 0 Å². The molecule has 8 heteroatoms. The van der Waals surface area contributed by atoms with Crippen LogP contribution in [0.25, 0.3) is 5.69 Å². The average molecular weight is 360 g/mol. The fourth-order valence-electron chi connectivity index (χ4n) is 2.56. The van der Waals surface area contributed by atoms with E-state index in [0.29, 0.717) is 11.4 Å². The van der Waals surface area contributed by atoms with E-state index in [1.165, 1.54) is 6.92 Å². The highest BCUT2D eigenvalue weighted by Gasteiger charge is 2.40. The summed E-state index contributed by atoms with van der Waals surface area (Å²) in [5.41, 5.74) is -0.599. The van der Waals surface area contributed by atoms with Crippen LogP contribution >= 0.6 is 0 Å². The first-order chi connectivity index (χ1) is 12.4. The van der Waals surface area contributed by atoms with Crippen molar-refractivity contribution in [3.63, 3.8) is 0 Å². The molecule has 0 radical (unpaired) electrons. The summed E-state index contributed by atoms with van der Waals surface area (Å²) in [5, 5.41) is 6.12. The SMILES string of the molecule is Cc1c(C(=O)NCc2ccccn2)c(C(F)(F)F)nn1-c1ccccc1. The third-order valence-corrected chi connectivity index (χ3v) is 3.77. The average Bonchev–Trinajstić information content (AvgIpc) is 2.99. The molecule has 3 rings (SSSR count). The summed E-state index contributed by atoms with van der Waals surface area (Å²) < 4.78 is 41.4. The number of hydrogen-bond acceptors (Lipinski definition) is 3. The van der Waals surface area contributed by atoms with E-state index in [-0.39, 0.29) is 12.2 Å². The molecule has 0 fully saturated rings. The van der Waals surface area contributed by atoms with E-state index >= 15 is 0 Å². The van der Waals surface area contributed by atoms with E-state index < -0.39 is 23.3 Å². The lowest BCUT2D eigenvalue weighted by Crippen LogP contribution is -2.26. The van der Waals surface area contributed by atoms with E-state index in [1.54, 1.807) is 54.7 Å². The predicted octanol–water partition coefficient (Wildman–Crippen LogP) is 3.52. The highest BCUT2D eigenvalue weighted by molar-refractivity contribution is 5.96. The fraction of sp³-hybridized carbons (Fsp3) is 0.167. The number of benzene rings is 1. The Bertz CT molecular complexity index is 905. The van der Waals surface area contributed by atoms with Gasteiger partial charge in [0.2, 0.25) is 0 Å². The van der Waals surface area contributed by atoms with Crippen molar-refractivity contribution in [1.29, 1.82) is 0 Å². The summed E-state index contributed by atoms with van der Waals surface area (Å²) in [6.45, 7) is 1.46. The van der Waals surface area contributed by atoms with Crippen LogP contribution in [-0.4, -0.2) is 20.7 Å². The van der Waals surface area contributed by atoms with Crippen LogP contribution in [0.15, 0.2) is 54.7 Å². The van der Waals surface area contributed by atoms with Crippen molar-refractivity contribution in [2.24, 2.45) is 0 Å². The van der Waals surface area contributed by atoms with Gasteiger partial charge in [-0.25, -0.2) is 4.68 Å². The third-order valence-electron chi connectivity index (χ3n) is 3.77. The Morgan fingerprint density at radius 1 is 1.12 bits per heavy atom. The van der Waals surface area contributed by atoms with E-state index in [2.05, 4.69) is 15.4 Å². The molecule has 0 aliphatic rings. The monoisotopic (exact) mass is 360 g/mol. The van der Waals surface area contributed by atoms with Gasteiger partial charge in [0.1, 0.15) is 0 Å². The number of amides is 1. The number of halogens is 3. The van der Waals surface area contributed by atoms with Gasteiger partial charge in [0.05, 0.1) is 29.2 Å². The second-order valence-electron chi connectivity index (χ2n) is 5.56. The van der Waals surface area contributed by atoms with E-state index in [4.69, 9.17) is 0 Å². The molecule has 134 valence electrons. The van der Waals surface area contributed by atoms with Crippen LogP contribution in [0, 0.1) is 6.92 Å². The Morgan fingerprint density at radius 2 is 1.81 bits per heavy atom. The van der Waals surface area contributed by atoms with Crippen molar-refractivity contribution in [3.8, 4) is 5.69 Å². The van der Waals surface area contributed by atoms with E-state index in [9.17, 15) is 18.0 Å².